The molecule has 0 fully saturated rings. The van der Waals surface area contributed by atoms with Gasteiger partial charge < -0.3 is 10.4 Å². The van der Waals surface area contributed by atoms with Crippen LogP contribution in [0.25, 0.3) is 0 Å². The standard InChI is InChI=1S/C10H17N3O2S/c1-6-12-13-9(16-6)11-7(5-8(14)15)10(2,3)4/h7H,5H2,1-4H3,(H,11,13)(H,14,15). The monoisotopic (exact) mass is 243 g/mol. The molecule has 1 atom stereocenters. The zero-order chi connectivity index (χ0) is 12.3. The van der Waals surface area contributed by atoms with E-state index in [4.69, 9.17) is 5.11 Å². The Morgan fingerprint density at radius 1 is 1.50 bits per heavy atom. The Morgan fingerprint density at radius 2 is 2.12 bits per heavy atom. The molecule has 0 aliphatic rings. The molecule has 0 bridgehead atoms. The van der Waals surface area contributed by atoms with Crippen molar-refractivity contribution in [2.24, 2.45) is 5.41 Å². The zero-order valence-electron chi connectivity index (χ0n) is 9.94. The fraction of sp³-hybridized carbons (Fsp3) is 0.700. The number of carbonyl (C=O) groups is 1. The number of aryl methyl sites for hydroxylation is 1. The highest BCUT2D eigenvalue weighted by Gasteiger charge is 2.27. The predicted octanol–water partition coefficient (Wildman–Crippen LogP) is 2.15. The van der Waals surface area contributed by atoms with Gasteiger partial charge in [0, 0.05) is 6.04 Å². The summed E-state index contributed by atoms with van der Waals surface area (Å²) >= 11 is 1.43. The van der Waals surface area contributed by atoms with Crippen LogP contribution in [0.5, 0.6) is 0 Å². The largest absolute Gasteiger partial charge is 0.481 e. The lowest BCUT2D eigenvalue weighted by atomic mass is 9.85. The summed E-state index contributed by atoms with van der Waals surface area (Å²) in [5, 5.41) is 21.4. The average Bonchev–Trinajstić information content (AvgIpc) is 2.47. The Kier molecular flexibility index (Phi) is 3.85. The lowest BCUT2D eigenvalue weighted by Crippen LogP contribution is -2.36. The van der Waals surface area contributed by atoms with Gasteiger partial charge in [-0.3, -0.25) is 4.79 Å². The number of carboxylic acids is 1. The maximum atomic E-state index is 10.8. The molecule has 0 aliphatic carbocycles. The smallest absolute Gasteiger partial charge is 0.305 e. The minimum Gasteiger partial charge on any atom is -0.481 e. The van der Waals surface area contributed by atoms with Crippen LogP contribution in [-0.4, -0.2) is 27.3 Å². The third-order valence-electron chi connectivity index (χ3n) is 2.25. The van der Waals surface area contributed by atoms with Crippen molar-refractivity contribution < 1.29 is 9.90 Å². The summed E-state index contributed by atoms with van der Waals surface area (Å²) in [6.45, 7) is 7.87. The molecule has 5 nitrogen and oxygen atoms in total. The van der Waals surface area contributed by atoms with E-state index in [-0.39, 0.29) is 17.9 Å². The first-order valence-corrected chi connectivity index (χ1v) is 5.89. The van der Waals surface area contributed by atoms with Crippen molar-refractivity contribution in [2.75, 3.05) is 5.32 Å². The molecule has 1 rings (SSSR count). The van der Waals surface area contributed by atoms with Gasteiger partial charge in [-0.1, -0.05) is 32.1 Å². The second-order valence-electron chi connectivity index (χ2n) is 4.79. The van der Waals surface area contributed by atoms with Crippen molar-refractivity contribution >= 4 is 22.4 Å². The molecule has 0 amide bonds. The fourth-order valence-corrected chi connectivity index (χ4v) is 1.90. The number of nitrogens with one attached hydrogen (secondary N) is 1. The Morgan fingerprint density at radius 3 is 2.50 bits per heavy atom. The van der Waals surface area contributed by atoms with E-state index in [0.29, 0.717) is 5.13 Å². The van der Waals surface area contributed by atoms with E-state index in [1.807, 2.05) is 27.7 Å². The predicted molar refractivity (Wildman–Crippen MR) is 63.8 cm³/mol. The molecule has 0 aliphatic heterocycles. The number of rotatable bonds is 4. The molecule has 1 aromatic rings. The van der Waals surface area contributed by atoms with E-state index in [9.17, 15) is 4.79 Å². The SMILES string of the molecule is Cc1nnc(NC(CC(=O)O)C(C)(C)C)s1. The molecule has 16 heavy (non-hydrogen) atoms. The fourth-order valence-electron chi connectivity index (χ4n) is 1.25. The molecule has 0 aromatic carbocycles. The Bertz CT molecular complexity index is 370. The van der Waals surface area contributed by atoms with Crippen molar-refractivity contribution in [3.63, 3.8) is 0 Å². The average molecular weight is 243 g/mol. The molecule has 1 heterocycles. The van der Waals surface area contributed by atoms with Gasteiger partial charge >= 0.3 is 5.97 Å². The number of aromatic nitrogens is 2. The van der Waals surface area contributed by atoms with Gasteiger partial charge in [-0.25, -0.2) is 0 Å². The van der Waals surface area contributed by atoms with E-state index >= 15 is 0 Å². The first kappa shape index (κ1) is 12.9. The number of hydrogen-bond donors (Lipinski definition) is 2. The van der Waals surface area contributed by atoms with Gasteiger partial charge in [0.1, 0.15) is 5.01 Å². The first-order chi connectivity index (χ1) is 7.29. The maximum absolute atomic E-state index is 10.8. The van der Waals surface area contributed by atoms with Gasteiger partial charge in [0.2, 0.25) is 5.13 Å². The second kappa shape index (κ2) is 4.78. The van der Waals surface area contributed by atoms with Crippen LogP contribution in [-0.2, 0) is 4.79 Å². The molecule has 2 N–H and O–H groups in total. The summed E-state index contributed by atoms with van der Waals surface area (Å²) in [5.41, 5.74) is -0.141. The summed E-state index contributed by atoms with van der Waals surface area (Å²) in [6.07, 6.45) is 0.0716. The molecule has 0 radical (unpaired) electrons. The van der Waals surface area contributed by atoms with Crippen molar-refractivity contribution in [1.82, 2.24) is 10.2 Å². The Labute approximate surface area is 98.9 Å². The molecule has 0 spiro atoms. The molecule has 90 valence electrons. The van der Waals surface area contributed by atoms with E-state index in [0.717, 1.165) is 5.01 Å². The molecule has 0 saturated carbocycles. The quantitative estimate of drug-likeness (QED) is 0.847. The number of hydrogen-bond acceptors (Lipinski definition) is 5. The van der Waals surface area contributed by atoms with Crippen molar-refractivity contribution in [3.8, 4) is 0 Å². The molecule has 0 saturated heterocycles. The number of carboxylic acid groups (broad SMARTS) is 1. The van der Waals surface area contributed by atoms with Crippen molar-refractivity contribution in [1.29, 1.82) is 0 Å². The van der Waals surface area contributed by atoms with Gasteiger partial charge in [-0.15, -0.1) is 10.2 Å². The van der Waals surface area contributed by atoms with Crippen LogP contribution in [0.4, 0.5) is 5.13 Å². The number of anilines is 1. The van der Waals surface area contributed by atoms with E-state index in [1.54, 1.807) is 0 Å². The maximum Gasteiger partial charge on any atom is 0.305 e. The van der Waals surface area contributed by atoms with Crippen LogP contribution in [0, 0.1) is 12.3 Å². The van der Waals surface area contributed by atoms with Crippen LogP contribution in [0.1, 0.15) is 32.2 Å². The van der Waals surface area contributed by atoms with Crippen molar-refractivity contribution in [2.45, 2.75) is 40.2 Å². The minimum absolute atomic E-state index is 0.0716. The first-order valence-electron chi connectivity index (χ1n) is 5.07. The van der Waals surface area contributed by atoms with Gasteiger partial charge in [0.05, 0.1) is 6.42 Å². The van der Waals surface area contributed by atoms with Gasteiger partial charge in [0.25, 0.3) is 0 Å². The van der Waals surface area contributed by atoms with Gasteiger partial charge in [0.15, 0.2) is 0 Å². The highest BCUT2D eigenvalue weighted by Crippen LogP contribution is 2.26. The van der Waals surface area contributed by atoms with Crippen molar-refractivity contribution in [3.05, 3.63) is 5.01 Å². The van der Waals surface area contributed by atoms with Crippen LogP contribution in [0.2, 0.25) is 0 Å². The van der Waals surface area contributed by atoms with E-state index < -0.39 is 5.97 Å². The lowest BCUT2D eigenvalue weighted by Gasteiger charge is -2.29. The zero-order valence-corrected chi connectivity index (χ0v) is 10.8. The van der Waals surface area contributed by atoms with E-state index in [1.165, 1.54) is 11.3 Å². The second-order valence-corrected chi connectivity index (χ2v) is 5.97. The molecule has 1 unspecified atom stereocenters. The molecular weight excluding hydrogens is 226 g/mol. The van der Waals surface area contributed by atoms with Crippen LogP contribution in [0.15, 0.2) is 0 Å². The lowest BCUT2D eigenvalue weighted by molar-refractivity contribution is -0.137. The summed E-state index contributed by atoms with van der Waals surface area (Å²) in [6, 6.07) is -0.155. The Hall–Kier alpha value is -1.17. The topological polar surface area (TPSA) is 75.1 Å². The Balaban J connectivity index is 2.74. The van der Waals surface area contributed by atoms with Crippen LogP contribution < -0.4 is 5.32 Å². The summed E-state index contributed by atoms with van der Waals surface area (Å²) in [5.74, 6) is -0.811. The van der Waals surface area contributed by atoms with Gasteiger partial charge in [-0.2, -0.15) is 0 Å². The molecule has 1 aromatic heterocycles. The van der Waals surface area contributed by atoms with Crippen LogP contribution in [0.3, 0.4) is 0 Å². The van der Waals surface area contributed by atoms with Gasteiger partial charge in [-0.05, 0) is 12.3 Å². The minimum atomic E-state index is -0.811. The summed E-state index contributed by atoms with van der Waals surface area (Å²) < 4.78 is 0. The molecular formula is C10H17N3O2S. The third-order valence-corrected chi connectivity index (χ3v) is 3.02. The van der Waals surface area contributed by atoms with Crippen LogP contribution >= 0.6 is 11.3 Å². The third kappa shape index (κ3) is 3.77. The highest BCUT2D eigenvalue weighted by atomic mass is 32.1. The molecule has 6 heteroatoms. The summed E-state index contributed by atoms with van der Waals surface area (Å²) in [7, 11) is 0. The highest BCUT2D eigenvalue weighted by molar-refractivity contribution is 7.15. The normalized spacial score (nSPS) is 13.5. The number of nitrogens with zero attached hydrogens (tertiary/aromatic N) is 2. The van der Waals surface area contributed by atoms with E-state index in [2.05, 4.69) is 15.5 Å². The number of aliphatic carboxylic acids is 1. The summed E-state index contributed by atoms with van der Waals surface area (Å²) in [4.78, 5) is 10.8.